The maximum atomic E-state index is 11.6. The van der Waals surface area contributed by atoms with Gasteiger partial charge in [0.25, 0.3) is 0 Å². The molecule has 1 aliphatic rings. The van der Waals surface area contributed by atoms with E-state index in [2.05, 4.69) is 22.1 Å². The van der Waals surface area contributed by atoms with Gasteiger partial charge in [0.15, 0.2) is 0 Å². The van der Waals surface area contributed by atoms with Crippen molar-refractivity contribution >= 4 is 17.5 Å². The third-order valence-electron chi connectivity index (χ3n) is 4.02. The average Bonchev–Trinajstić information content (AvgIpc) is 2.63. The number of anilines is 2. The quantitative estimate of drug-likeness (QED) is 0.921. The minimum absolute atomic E-state index is 0.300. The molecular weight excluding hydrogens is 266 g/mol. The summed E-state index contributed by atoms with van der Waals surface area (Å²) in [5.74, 6) is -0.244. The summed E-state index contributed by atoms with van der Waals surface area (Å²) in [6.45, 7) is 2.56. The Morgan fingerprint density at radius 2 is 2.05 bits per heavy atom. The number of carbonyl (C=O) groups is 1. The standard InChI is InChI=1S/C16H19N3O2/c1-11-14(16(20)21)15(18(2)17-11)19-10-6-5-8-12-7-3-4-9-13(12)19/h3-4,7,9H,5-6,8,10H2,1-2H3,(H,20,21). The average molecular weight is 285 g/mol. The van der Waals surface area contributed by atoms with Crippen molar-refractivity contribution in [2.75, 3.05) is 11.4 Å². The molecule has 0 fully saturated rings. The van der Waals surface area contributed by atoms with Gasteiger partial charge in [-0.05, 0) is 37.8 Å². The van der Waals surface area contributed by atoms with Gasteiger partial charge in [-0.25, -0.2) is 4.79 Å². The highest BCUT2D eigenvalue weighted by molar-refractivity contribution is 5.96. The Hall–Kier alpha value is -2.30. The van der Waals surface area contributed by atoms with Crippen molar-refractivity contribution in [1.82, 2.24) is 9.78 Å². The van der Waals surface area contributed by atoms with Crippen LogP contribution in [0.1, 0.15) is 34.5 Å². The fourth-order valence-corrected chi connectivity index (χ4v) is 3.12. The molecule has 0 saturated heterocycles. The zero-order chi connectivity index (χ0) is 15.0. The lowest BCUT2D eigenvalue weighted by Gasteiger charge is -2.25. The van der Waals surface area contributed by atoms with Crippen LogP contribution < -0.4 is 4.90 Å². The van der Waals surface area contributed by atoms with E-state index < -0.39 is 5.97 Å². The van der Waals surface area contributed by atoms with Crippen LogP contribution in [0.5, 0.6) is 0 Å². The molecule has 0 aliphatic carbocycles. The van der Waals surface area contributed by atoms with E-state index in [0.29, 0.717) is 17.1 Å². The number of carboxylic acid groups (broad SMARTS) is 1. The molecule has 5 nitrogen and oxygen atoms in total. The van der Waals surface area contributed by atoms with Crippen LogP contribution in [0.25, 0.3) is 0 Å². The van der Waals surface area contributed by atoms with Gasteiger partial charge < -0.3 is 10.0 Å². The van der Waals surface area contributed by atoms with Gasteiger partial charge in [0.05, 0.1) is 5.69 Å². The molecule has 0 amide bonds. The van der Waals surface area contributed by atoms with Crippen LogP contribution >= 0.6 is 0 Å². The van der Waals surface area contributed by atoms with Crippen molar-refractivity contribution in [3.63, 3.8) is 0 Å². The van der Waals surface area contributed by atoms with Crippen LogP contribution in [0.15, 0.2) is 24.3 Å². The molecule has 0 radical (unpaired) electrons. The smallest absolute Gasteiger partial charge is 0.341 e. The van der Waals surface area contributed by atoms with Crippen molar-refractivity contribution in [2.24, 2.45) is 7.05 Å². The largest absolute Gasteiger partial charge is 0.477 e. The Balaban J connectivity index is 2.19. The van der Waals surface area contributed by atoms with E-state index >= 15 is 0 Å². The van der Waals surface area contributed by atoms with Crippen molar-refractivity contribution < 1.29 is 9.90 Å². The second-order valence-electron chi connectivity index (χ2n) is 5.45. The Kier molecular flexibility index (Phi) is 3.41. The lowest BCUT2D eigenvalue weighted by molar-refractivity contribution is 0.0697. The first-order valence-electron chi connectivity index (χ1n) is 7.22. The fraction of sp³-hybridized carbons (Fsp3) is 0.375. The van der Waals surface area contributed by atoms with Crippen LogP contribution in [0.2, 0.25) is 0 Å². The molecule has 0 atom stereocenters. The molecule has 1 aromatic heterocycles. The van der Waals surface area contributed by atoms with Crippen molar-refractivity contribution in [2.45, 2.75) is 26.2 Å². The number of hydrogen-bond donors (Lipinski definition) is 1. The van der Waals surface area contributed by atoms with Crippen LogP contribution in [-0.2, 0) is 13.5 Å². The van der Waals surface area contributed by atoms with Gasteiger partial charge in [-0.2, -0.15) is 5.10 Å². The topological polar surface area (TPSA) is 58.4 Å². The first-order valence-corrected chi connectivity index (χ1v) is 7.22. The van der Waals surface area contributed by atoms with E-state index in [9.17, 15) is 9.90 Å². The van der Waals surface area contributed by atoms with Gasteiger partial charge >= 0.3 is 5.97 Å². The predicted molar refractivity (Wildman–Crippen MR) is 81.3 cm³/mol. The third-order valence-corrected chi connectivity index (χ3v) is 4.02. The molecule has 1 N–H and O–H groups in total. The Bertz CT molecular complexity index is 691. The van der Waals surface area contributed by atoms with Crippen LogP contribution in [0.3, 0.4) is 0 Å². The summed E-state index contributed by atoms with van der Waals surface area (Å²) >= 11 is 0. The maximum Gasteiger partial charge on any atom is 0.341 e. The van der Waals surface area contributed by atoms with Crippen LogP contribution in [0, 0.1) is 6.92 Å². The van der Waals surface area contributed by atoms with Gasteiger partial charge in [-0.3, -0.25) is 4.68 Å². The molecule has 0 saturated carbocycles. The molecule has 2 heterocycles. The number of aryl methyl sites for hydroxylation is 3. The Morgan fingerprint density at radius 3 is 2.81 bits per heavy atom. The minimum atomic E-state index is -0.919. The van der Waals surface area contributed by atoms with Gasteiger partial charge in [-0.1, -0.05) is 18.2 Å². The maximum absolute atomic E-state index is 11.6. The molecule has 0 unspecified atom stereocenters. The van der Waals surface area contributed by atoms with Crippen LogP contribution in [-0.4, -0.2) is 27.4 Å². The number of hydrogen-bond acceptors (Lipinski definition) is 3. The number of aromatic carboxylic acids is 1. The first kappa shape index (κ1) is 13.7. The highest BCUT2D eigenvalue weighted by atomic mass is 16.4. The molecule has 3 rings (SSSR count). The summed E-state index contributed by atoms with van der Waals surface area (Å²) in [5.41, 5.74) is 3.22. The number of fused-ring (bicyclic) bond motifs is 1. The van der Waals surface area contributed by atoms with E-state index in [-0.39, 0.29) is 0 Å². The summed E-state index contributed by atoms with van der Waals surface area (Å²) in [5, 5.41) is 13.8. The summed E-state index contributed by atoms with van der Waals surface area (Å²) in [7, 11) is 1.81. The first-order chi connectivity index (χ1) is 10.1. The SMILES string of the molecule is Cc1nn(C)c(N2CCCCc3ccccc32)c1C(=O)O. The summed E-state index contributed by atoms with van der Waals surface area (Å²) in [6.07, 6.45) is 3.19. The van der Waals surface area contributed by atoms with E-state index in [4.69, 9.17) is 0 Å². The predicted octanol–water partition coefficient (Wildman–Crippen LogP) is 2.90. The van der Waals surface area contributed by atoms with Gasteiger partial charge in [0.1, 0.15) is 11.4 Å². The number of benzene rings is 1. The van der Waals surface area contributed by atoms with Gasteiger partial charge in [0.2, 0.25) is 0 Å². The zero-order valence-electron chi connectivity index (χ0n) is 12.3. The Morgan fingerprint density at radius 1 is 1.29 bits per heavy atom. The molecule has 110 valence electrons. The second kappa shape index (κ2) is 5.24. The highest BCUT2D eigenvalue weighted by Gasteiger charge is 2.27. The van der Waals surface area contributed by atoms with Crippen molar-refractivity contribution in [1.29, 1.82) is 0 Å². The molecule has 1 aliphatic heterocycles. The van der Waals surface area contributed by atoms with Crippen molar-refractivity contribution in [3.8, 4) is 0 Å². The Labute approximate surface area is 123 Å². The molecule has 0 spiro atoms. The summed E-state index contributed by atoms with van der Waals surface area (Å²) in [6, 6.07) is 8.22. The van der Waals surface area contributed by atoms with E-state index in [1.165, 1.54) is 5.56 Å². The minimum Gasteiger partial charge on any atom is -0.477 e. The molecule has 2 aromatic rings. The molecule has 21 heavy (non-hydrogen) atoms. The van der Waals surface area contributed by atoms with E-state index in [1.54, 1.807) is 11.6 Å². The number of para-hydroxylation sites is 1. The number of carboxylic acids is 1. The molecule has 5 heteroatoms. The fourth-order valence-electron chi connectivity index (χ4n) is 3.12. The lowest BCUT2D eigenvalue weighted by Crippen LogP contribution is -2.23. The highest BCUT2D eigenvalue weighted by Crippen LogP contribution is 2.35. The number of aromatic nitrogens is 2. The molecule has 1 aromatic carbocycles. The van der Waals surface area contributed by atoms with Gasteiger partial charge in [0, 0.05) is 19.3 Å². The monoisotopic (exact) mass is 285 g/mol. The second-order valence-corrected chi connectivity index (χ2v) is 5.45. The van der Waals surface area contributed by atoms with E-state index in [0.717, 1.165) is 31.5 Å². The summed E-state index contributed by atoms with van der Waals surface area (Å²) in [4.78, 5) is 13.7. The number of rotatable bonds is 2. The summed E-state index contributed by atoms with van der Waals surface area (Å²) < 4.78 is 1.68. The van der Waals surface area contributed by atoms with Gasteiger partial charge in [-0.15, -0.1) is 0 Å². The van der Waals surface area contributed by atoms with Crippen LogP contribution in [0.4, 0.5) is 11.5 Å². The lowest BCUT2D eigenvalue weighted by atomic mass is 10.1. The normalized spacial score (nSPS) is 14.7. The molecular formula is C16H19N3O2. The van der Waals surface area contributed by atoms with E-state index in [1.807, 2.05) is 19.2 Å². The van der Waals surface area contributed by atoms with Crippen molar-refractivity contribution in [3.05, 3.63) is 41.1 Å². The number of nitrogens with zero attached hydrogens (tertiary/aromatic N) is 3. The zero-order valence-corrected chi connectivity index (χ0v) is 12.3. The molecule has 0 bridgehead atoms. The third kappa shape index (κ3) is 2.28.